The molecule has 0 N–H and O–H groups in total. The molecule has 0 aromatic carbocycles. The number of carbonyl (C=O) groups is 1. The number of hydrogen-bond donors (Lipinski definition) is 0. The highest BCUT2D eigenvalue weighted by molar-refractivity contribution is 9.10. The summed E-state index contributed by atoms with van der Waals surface area (Å²) >= 11 is 3.31. The number of pyridine rings is 1. The first-order valence-electron chi connectivity index (χ1n) is 6.06. The fourth-order valence-corrected chi connectivity index (χ4v) is 3.44. The highest BCUT2D eigenvalue weighted by atomic mass is 79.9. The predicted octanol–water partition coefficient (Wildman–Crippen LogP) is 1.14. The molecule has 0 radical (unpaired) electrons. The fourth-order valence-electron chi connectivity index (χ4n) is 2.33. The van der Waals surface area contributed by atoms with Gasteiger partial charge in [-0.2, -0.15) is 13.4 Å². The quantitative estimate of drug-likeness (QED) is 0.750. The molecule has 3 rings (SSSR count). The Morgan fingerprint density at radius 3 is 2.95 bits per heavy atom. The SMILES string of the molecule is O=C1CC(CS(=O)(=O)F)CN1c1nc2cc(Br)ccn2n1. The van der Waals surface area contributed by atoms with Gasteiger partial charge in [-0.05, 0) is 12.1 Å². The molecule has 112 valence electrons. The van der Waals surface area contributed by atoms with Gasteiger partial charge in [-0.25, -0.2) is 4.52 Å². The lowest BCUT2D eigenvalue weighted by Gasteiger charge is -2.10. The zero-order valence-corrected chi connectivity index (χ0v) is 13.0. The summed E-state index contributed by atoms with van der Waals surface area (Å²) in [6.07, 6.45) is 1.66. The molecule has 1 fully saturated rings. The van der Waals surface area contributed by atoms with Crippen molar-refractivity contribution < 1.29 is 17.1 Å². The molecule has 1 aliphatic rings. The Hall–Kier alpha value is -1.55. The third kappa shape index (κ3) is 3.05. The summed E-state index contributed by atoms with van der Waals surface area (Å²) < 4.78 is 36.4. The maximum absolute atomic E-state index is 12.7. The fraction of sp³-hybridized carbons (Fsp3) is 0.364. The van der Waals surface area contributed by atoms with E-state index in [-0.39, 0.29) is 24.8 Å². The molecule has 1 saturated heterocycles. The lowest BCUT2D eigenvalue weighted by molar-refractivity contribution is -0.117. The van der Waals surface area contributed by atoms with E-state index in [1.807, 2.05) is 0 Å². The molecule has 3 heterocycles. The molecule has 1 atom stereocenters. The third-order valence-corrected chi connectivity index (χ3v) is 4.53. The van der Waals surface area contributed by atoms with Crippen LogP contribution in [0.25, 0.3) is 5.65 Å². The van der Waals surface area contributed by atoms with Crippen molar-refractivity contribution >= 4 is 43.7 Å². The number of nitrogens with zero attached hydrogens (tertiary/aromatic N) is 4. The maximum atomic E-state index is 12.7. The van der Waals surface area contributed by atoms with Crippen molar-refractivity contribution in [3.05, 3.63) is 22.8 Å². The van der Waals surface area contributed by atoms with Crippen LogP contribution in [0.1, 0.15) is 6.42 Å². The molecule has 1 unspecified atom stereocenters. The number of fused-ring (bicyclic) bond motifs is 1. The zero-order valence-electron chi connectivity index (χ0n) is 10.6. The minimum atomic E-state index is -4.60. The van der Waals surface area contributed by atoms with Crippen LogP contribution in [0.5, 0.6) is 0 Å². The van der Waals surface area contributed by atoms with E-state index in [4.69, 9.17) is 0 Å². The Morgan fingerprint density at radius 1 is 1.48 bits per heavy atom. The molecule has 0 saturated carbocycles. The van der Waals surface area contributed by atoms with Gasteiger partial charge in [0.05, 0.1) is 5.75 Å². The van der Waals surface area contributed by atoms with Gasteiger partial charge in [-0.1, -0.05) is 15.9 Å². The van der Waals surface area contributed by atoms with Crippen LogP contribution in [0.15, 0.2) is 22.8 Å². The van der Waals surface area contributed by atoms with Gasteiger partial charge in [0.1, 0.15) is 0 Å². The summed E-state index contributed by atoms with van der Waals surface area (Å²) in [5.74, 6) is -1.35. The average Bonchev–Trinajstić information content (AvgIpc) is 2.89. The van der Waals surface area contributed by atoms with Crippen molar-refractivity contribution in [2.24, 2.45) is 5.92 Å². The summed E-state index contributed by atoms with van der Waals surface area (Å²) in [6, 6.07) is 3.51. The van der Waals surface area contributed by atoms with Crippen molar-refractivity contribution in [3.8, 4) is 0 Å². The van der Waals surface area contributed by atoms with Crippen molar-refractivity contribution in [1.82, 2.24) is 14.6 Å². The first-order chi connectivity index (χ1) is 9.82. The standard InChI is InChI=1S/C11H10BrFN4O3S/c12-8-1-2-17-9(4-8)14-11(15-17)16-5-7(3-10(16)18)6-21(13,19)20/h1-2,4,7H,3,5-6H2. The number of hydrogen-bond acceptors (Lipinski definition) is 5. The van der Waals surface area contributed by atoms with Crippen LogP contribution in [0.2, 0.25) is 0 Å². The number of aromatic nitrogens is 3. The minimum absolute atomic E-state index is 0.0254. The van der Waals surface area contributed by atoms with E-state index in [0.29, 0.717) is 5.65 Å². The largest absolute Gasteiger partial charge is 0.302 e. The van der Waals surface area contributed by atoms with E-state index in [1.54, 1.807) is 18.3 Å². The maximum Gasteiger partial charge on any atom is 0.302 e. The van der Waals surface area contributed by atoms with Gasteiger partial charge in [0.25, 0.3) is 5.95 Å². The Morgan fingerprint density at radius 2 is 2.24 bits per heavy atom. The van der Waals surface area contributed by atoms with Crippen LogP contribution in [0, 0.1) is 5.92 Å². The second-order valence-corrected chi connectivity index (χ2v) is 7.17. The van der Waals surface area contributed by atoms with E-state index in [1.165, 1.54) is 9.42 Å². The van der Waals surface area contributed by atoms with E-state index in [0.717, 1.165) is 4.47 Å². The molecule has 7 nitrogen and oxygen atoms in total. The summed E-state index contributed by atoms with van der Waals surface area (Å²) in [5, 5.41) is 4.16. The highest BCUT2D eigenvalue weighted by Gasteiger charge is 2.35. The predicted molar refractivity (Wildman–Crippen MR) is 76.0 cm³/mol. The van der Waals surface area contributed by atoms with E-state index in [9.17, 15) is 17.1 Å². The Bertz CT molecular complexity index is 822. The first-order valence-corrected chi connectivity index (χ1v) is 8.41. The van der Waals surface area contributed by atoms with Gasteiger partial charge >= 0.3 is 10.2 Å². The molecule has 0 aliphatic carbocycles. The molecular weight excluding hydrogens is 367 g/mol. The van der Waals surface area contributed by atoms with Gasteiger partial charge in [0.2, 0.25) is 5.91 Å². The molecule has 2 aromatic rings. The smallest absolute Gasteiger partial charge is 0.279 e. The van der Waals surface area contributed by atoms with Crippen LogP contribution >= 0.6 is 15.9 Å². The number of halogens is 2. The molecule has 0 spiro atoms. The van der Waals surface area contributed by atoms with Crippen LogP contribution in [-0.2, 0) is 15.0 Å². The van der Waals surface area contributed by atoms with Crippen LogP contribution in [0.4, 0.5) is 9.83 Å². The lowest BCUT2D eigenvalue weighted by atomic mass is 10.1. The second-order valence-electron chi connectivity index (χ2n) is 4.84. The topological polar surface area (TPSA) is 84.6 Å². The summed E-state index contributed by atoms with van der Waals surface area (Å²) in [6.45, 7) is 0.0973. The number of rotatable bonds is 3. The second kappa shape index (κ2) is 5.02. The number of amides is 1. The monoisotopic (exact) mass is 376 g/mol. The number of carbonyl (C=O) groups excluding carboxylic acids is 1. The normalized spacial score (nSPS) is 19.6. The zero-order chi connectivity index (χ0) is 15.2. The molecular formula is C11H10BrFN4O3S. The number of anilines is 1. The average molecular weight is 377 g/mol. The summed E-state index contributed by atoms with van der Waals surface area (Å²) in [4.78, 5) is 17.4. The molecule has 21 heavy (non-hydrogen) atoms. The van der Waals surface area contributed by atoms with Crippen LogP contribution in [0.3, 0.4) is 0 Å². The van der Waals surface area contributed by atoms with E-state index >= 15 is 0 Å². The highest BCUT2D eigenvalue weighted by Crippen LogP contribution is 2.24. The van der Waals surface area contributed by atoms with Crippen LogP contribution in [-0.4, -0.2) is 41.2 Å². The Balaban J connectivity index is 1.87. The molecule has 0 bridgehead atoms. The van der Waals surface area contributed by atoms with E-state index in [2.05, 4.69) is 26.0 Å². The van der Waals surface area contributed by atoms with Gasteiger partial charge in [0.15, 0.2) is 5.65 Å². The van der Waals surface area contributed by atoms with Gasteiger partial charge in [-0.15, -0.1) is 8.98 Å². The van der Waals surface area contributed by atoms with E-state index < -0.39 is 21.9 Å². The Labute approximate surface area is 128 Å². The minimum Gasteiger partial charge on any atom is -0.279 e. The van der Waals surface area contributed by atoms with Gasteiger partial charge in [0, 0.05) is 29.6 Å². The van der Waals surface area contributed by atoms with Crippen LogP contribution < -0.4 is 4.90 Å². The third-order valence-electron chi connectivity index (χ3n) is 3.17. The van der Waals surface area contributed by atoms with Crippen molar-refractivity contribution in [3.63, 3.8) is 0 Å². The summed E-state index contributed by atoms with van der Waals surface area (Å²) in [7, 11) is -4.60. The summed E-state index contributed by atoms with van der Waals surface area (Å²) in [5.41, 5.74) is 0.550. The Kier molecular flexibility index (Phi) is 3.44. The molecule has 1 aliphatic heterocycles. The molecule has 2 aromatic heterocycles. The van der Waals surface area contributed by atoms with Crippen molar-refractivity contribution in [1.29, 1.82) is 0 Å². The van der Waals surface area contributed by atoms with Gasteiger partial charge < -0.3 is 0 Å². The lowest BCUT2D eigenvalue weighted by Crippen LogP contribution is -2.26. The molecule has 1 amide bonds. The van der Waals surface area contributed by atoms with Gasteiger partial charge in [-0.3, -0.25) is 9.69 Å². The molecule has 10 heteroatoms. The van der Waals surface area contributed by atoms with Crippen molar-refractivity contribution in [2.45, 2.75) is 6.42 Å². The van der Waals surface area contributed by atoms with Crippen molar-refractivity contribution in [2.75, 3.05) is 17.2 Å². The first kappa shape index (κ1) is 14.4.